The van der Waals surface area contributed by atoms with Gasteiger partial charge in [-0.2, -0.15) is 5.26 Å². The second-order valence-electron chi connectivity index (χ2n) is 4.83. The van der Waals surface area contributed by atoms with Crippen LogP contribution in [0.25, 0.3) is 10.9 Å². The van der Waals surface area contributed by atoms with E-state index in [0.717, 1.165) is 5.52 Å². The normalized spacial score (nSPS) is 10.5. The minimum Gasteiger partial charge on any atom is -0.360 e. The molecule has 0 aliphatic heterocycles. The van der Waals surface area contributed by atoms with E-state index in [1.807, 2.05) is 6.07 Å². The molecule has 0 fully saturated rings. The first kappa shape index (κ1) is 13.1. The van der Waals surface area contributed by atoms with Crippen LogP contribution in [0.2, 0.25) is 0 Å². The average molecular weight is 278 g/mol. The van der Waals surface area contributed by atoms with Crippen LogP contribution in [-0.4, -0.2) is 10.8 Å². The number of nitriles is 1. The Hall–Kier alpha value is -2.93. The first-order chi connectivity index (χ1) is 10.1. The molecule has 1 heterocycles. The summed E-state index contributed by atoms with van der Waals surface area (Å²) in [6.07, 6.45) is 1.59. The minimum absolute atomic E-state index is 0.221. The lowest BCUT2D eigenvalue weighted by Crippen LogP contribution is -2.03. The van der Waals surface area contributed by atoms with Gasteiger partial charge in [0.1, 0.15) is 5.82 Å². The number of H-pyrrole nitrogens is 1. The maximum Gasteiger partial charge on any atom is 0.195 e. The van der Waals surface area contributed by atoms with Gasteiger partial charge in [0.2, 0.25) is 0 Å². The third kappa shape index (κ3) is 2.09. The van der Waals surface area contributed by atoms with Crippen LogP contribution in [0.15, 0.2) is 42.6 Å². The molecule has 0 unspecified atom stereocenters. The fourth-order valence-corrected chi connectivity index (χ4v) is 2.48. The molecule has 0 spiro atoms. The number of rotatable bonds is 2. The van der Waals surface area contributed by atoms with E-state index in [1.54, 1.807) is 25.3 Å². The zero-order chi connectivity index (χ0) is 15.0. The Labute approximate surface area is 120 Å². The highest BCUT2D eigenvalue weighted by molar-refractivity contribution is 6.17. The summed E-state index contributed by atoms with van der Waals surface area (Å²) in [5, 5.41) is 9.80. The molecule has 0 radical (unpaired) electrons. The highest BCUT2D eigenvalue weighted by Gasteiger charge is 2.18. The summed E-state index contributed by atoms with van der Waals surface area (Å²) in [6, 6.07) is 11.4. The third-order valence-electron chi connectivity index (χ3n) is 3.50. The number of ketones is 1. The Kier molecular flexibility index (Phi) is 3.03. The van der Waals surface area contributed by atoms with E-state index in [0.29, 0.717) is 27.6 Å². The molecule has 0 aliphatic rings. The van der Waals surface area contributed by atoms with Crippen LogP contribution in [0.5, 0.6) is 0 Å². The summed E-state index contributed by atoms with van der Waals surface area (Å²) in [7, 11) is 0. The molecule has 21 heavy (non-hydrogen) atoms. The lowest BCUT2D eigenvalue weighted by molar-refractivity contribution is 0.103. The average Bonchev–Trinajstić information content (AvgIpc) is 2.90. The number of nitrogens with zero attached hydrogens (tertiary/aromatic N) is 1. The van der Waals surface area contributed by atoms with Crippen molar-refractivity contribution in [2.45, 2.75) is 6.92 Å². The number of hydrogen-bond donors (Lipinski definition) is 1. The van der Waals surface area contributed by atoms with Crippen molar-refractivity contribution in [2.24, 2.45) is 0 Å². The fourth-order valence-electron chi connectivity index (χ4n) is 2.48. The maximum absolute atomic E-state index is 13.2. The number of carbonyl (C=O) groups excluding carboxylic acids is 1. The van der Waals surface area contributed by atoms with Gasteiger partial charge < -0.3 is 4.98 Å². The van der Waals surface area contributed by atoms with Gasteiger partial charge in [-0.1, -0.05) is 6.07 Å². The number of hydrogen-bond acceptors (Lipinski definition) is 2. The van der Waals surface area contributed by atoms with Crippen LogP contribution in [-0.2, 0) is 0 Å². The predicted molar refractivity (Wildman–Crippen MR) is 77.6 cm³/mol. The maximum atomic E-state index is 13.2. The summed E-state index contributed by atoms with van der Waals surface area (Å²) in [4.78, 5) is 15.7. The molecule has 0 amide bonds. The van der Waals surface area contributed by atoms with Gasteiger partial charge in [-0.25, -0.2) is 4.39 Å². The molecule has 3 rings (SSSR count). The summed E-state index contributed by atoms with van der Waals surface area (Å²) < 4.78 is 13.2. The van der Waals surface area contributed by atoms with Crippen LogP contribution in [0.4, 0.5) is 4.39 Å². The molecule has 0 atom stereocenters. The topological polar surface area (TPSA) is 56.6 Å². The van der Waals surface area contributed by atoms with Gasteiger partial charge in [0, 0.05) is 28.2 Å². The molecule has 3 nitrogen and oxygen atoms in total. The molecule has 102 valence electrons. The number of aromatic nitrogens is 1. The predicted octanol–water partition coefficient (Wildman–Crippen LogP) is 3.72. The summed E-state index contributed by atoms with van der Waals surface area (Å²) in [5.41, 5.74) is 2.61. The Balaban J connectivity index is 2.21. The first-order valence-corrected chi connectivity index (χ1v) is 6.43. The molecule has 0 bridgehead atoms. The number of benzene rings is 2. The van der Waals surface area contributed by atoms with E-state index in [1.165, 1.54) is 18.2 Å². The van der Waals surface area contributed by atoms with Gasteiger partial charge in [-0.3, -0.25) is 4.79 Å². The summed E-state index contributed by atoms with van der Waals surface area (Å²) >= 11 is 0. The van der Waals surface area contributed by atoms with Crippen molar-refractivity contribution in [3.8, 4) is 6.07 Å². The Morgan fingerprint density at radius 2 is 2.05 bits per heavy atom. The molecule has 0 aliphatic carbocycles. The molecule has 1 N–H and O–H groups in total. The van der Waals surface area contributed by atoms with E-state index >= 15 is 0 Å². The minimum atomic E-state index is -0.374. The third-order valence-corrected chi connectivity index (χ3v) is 3.50. The molecule has 4 heteroatoms. The zero-order valence-electron chi connectivity index (χ0n) is 11.3. The van der Waals surface area contributed by atoms with Crippen molar-refractivity contribution < 1.29 is 9.18 Å². The molecule has 0 saturated carbocycles. The molecule has 0 saturated heterocycles. The van der Waals surface area contributed by atoms with Crippen molar-refractivity contribution in [3.63, 3.8) is 0 Å². The number of carbonyl (C=O) groups is 1. The van der Waals surface area contributed by atoms with Crippen molar-refractivity contribution in [3.05, 3.63) is 70.7 Å². The quantitative estimate of drug-likeness (QED) is 0.726. The van der Waals surface area contributed by atoms with Gasteiger partial charge in [0.05, 0.1) is 11.6 Å². The van der Waals surface area contributed by atoms with E-state index in [-0.39, 0.29) is 11.6 Å². The molecular formula is C17H11FN2O. The van der Waals surface area contributed by atoms with Gasteiger partial charge in [-0.05, 0) is 42.8 Å². The fraction of sp³-hybridized carbons (Fsp3) is 0.0588. The lowest BCUT2D eigenvalue weighted by atomic mass is 9.97. The van der Waals surface area contributed by atoms with Gasteiger partial charge in [-0.15, -0.1) is 0 Å². The SMILES string of the molecule is Cc1cc(F)ccc1C(=O)c1c[nH]c2cccc(C#N)c12. The van der Waals surface area contributed by atoms with Crippen molar-refractivity contribution in [1.82, 2.24) is 4.98 Å². The molecule has 2 aromatic carbocycles. The van der Waals surface area contributed by atoms with Crippen molar-refractivity contribution in [2.75, 3.05) is 0 Å². The van der Waals surface area contributed by atoms with Crippen molar-refractivity contribution >= 4 is 16.7 Å². The lowest BCUT2D eigenvalue weighted by Gasteiger charge is -2.05. The van der Waals surface area contributed by atoms with Crippen LogP contribution < -0.4 is 0 Å². The standard InChI is InChI=1S/C17H11FN2O/c1-10-7-12(18)5-6-13(10)17(21)14-9-20-15-4-2-3-11(8-19)16(14)15/h2-7,9,20H,1H3. The Morgan fingerprint density at radius 1 is 1.24 bits per heavy atom. The molecule has 3 aromatic rings. The van der Waals surface area contributed by atoms with E-state index < -0.39 is 0 Å². The van der Waals surface area contributed by atoms with Crippen LogP contribution in [0.3, 0.4) is 0 Å². The number of aromatic amines is 1. The highest BCUT2D eigenvalue weighted by Crippen LogP contribution is 2.25. The van der Waals surface area contributed by atoms with Gasteiger partial charge >= 0.3 is 0 Å². The number of halogens is 1. The van der Waals surface area contributed by atoms with Crippen LogP contribution in [0, 0.1) is 24.1 Å². The van der Waals surface area contributed by atoms with Crippen LogP contribution >= 0.6 is 0 Å². The van der Waals surface area contributed by atoms with Crippen LogP contribution in [0.1, 0.15) is 27.0 Å². The van der Waals surface area contributed by atoms with Gasteiger partial charge in [0.25, 0.3) is 0 Å². The smallest absolute Gasteiger partial charge is 0.195 e. The molecular weight excluding hydrogens is 267 g/mol. The second-order valence-corrected chi connectivity index (χ2v) is 4.83. The second kappa shape index (κ2) is 4.88. The van der Waals surface area contributed by atoms with E-state index in [4.69, 9.17) is 0 Å². The zero-order valence-corrected chi connectivity index (χ0v) is 11.3. The number of nitrogens with one attached hydrogen (secondary N) is 1. The Morgan fingerprint density at radius 3 is 2.76 bits per heavy atom. The number of aryl methyl sites for hydroxylation is 1. The number of fused-ring (bicyclic) bond motifs is 1. The first-order valence-electron chi connectivity index (χ1n) is 6.43. The largest absolute Gasteiger partial charge is 0.360 e. The monoisotopic (exact) mass is 278 g/mol. The molecule has 1 aromatic heterocycles. The summed E-state index contributed by atoms with van der Waals surface area (Å²) in [6.45, 7) is 1.69. The van der Waals surface area contributed by atoms with E-state index in [2.05, 4.69) is 11.1 Å². The van der Waals surface area contributed by atoms with E-state index in [9.17, 15) is 14.4 Å². The highest BCUT2D eigenvalue weighted by atomic mass is 19.1. The Bertz CT molecular complexity index is 903. The van der Waals surface area contributed by atoms with Gasteiger partial charge in [0.15, 0.2) is 5.78 Å². The summed E-state index contributed by atoms with van der Waals surface area (Å²) in [5.74, 6) is -0.595. The van der Waals surface area contributed by atoms with Crippen molar-refractivity contribution in [1.29, 1.82) is 5.26 Å².